The second-order valence-electron chi connectivity index (χ2n) is 3.92. The maximum Gasteiger partial charge on any atom is 0.144 e. The molecule has 80 valence electrons. The molecule has 0 bridgehead atoms. The van der Waals surface area contributed by atoms with Gasteiger partial charge in [0.05, 0.1) is 11.0 Å². The van der Waals surface area contributed by atoms with E-state index in [1.807, 2.05) is 22.9 Å². The molecule has 0 unspecified atom stereocenters. The zero-order valence-corrected chi connectivity index (χ0v) is 8.91. The van der Waals surface area contributed by atoms with Crippen molar-refractivity contribution in [1.29, 1.82) is 0 Å². The van der Waals surface area contributed by atoms with Gasteiger partial charge in [-0.15, -0.1) is 0 Å². The first kappa shape index (κ1) is 8.64. The second-order valence-corrected chi connectivity index (χ2v) is 3.92. The number of pyridine rings is 1. The van der Waals surface area contributed by atoms with Gasteiger partial charge in [0.1, 0.15) is 5.65 Å². The Labute approximate surface area is 96.6 Å². The molecule has 4 nitrogen and oxygen atoms in total. The number of nitrogens with zero attached hydrogens (tertiary/aromatic N) is 4. The van der Waals surface area contributed by atoms with Gasteiger partial charge in [-0.05, 0) is 18.2 Å². The molecule has 0 aliphatic rings. The van der Waals surface area contributed by atoms with Gasteiger partial charge in [-0.2, -0.15) is 0 Å². The molecule has 0 atom stereocenters. The molecule has 0 saturated carbocycles. The van der Waals surface area contributed by atoms with E-state index in [2.05, 4.69) is 27.1 Å². The Bertz CT molecular complexity index is 848. The summed E-state index contributed by atoms with van der Waals surface area (Å²) in [5, 5.41) is 2.19. The van der Waals surface area contributed by atoms with Crippen LogP contribution in [0.3, 0.4) is 0 Å². The van der Waals surface area contributed by atoms with E-state index < -0.39 is 0 Å². The van der Waals surface area contributed by atoms with Crippen LogP contribution < -0.4 is 0 Å². The molecular formula is C13H8N4. The molecule has 4 heteroatoms. The van der Waals surface area contributed by atoms with E-state index in [1.54, 1.807) is 18.6 Å². The van der Waals surface area contributed by atoms with Gasteiger partial charge in [0.15, 0.2) is 0 Å². The van der Waals surface area contributed by atoms with Crippen molar-refractivity contribution in [2.24, 2.45) is 0 Å². The van der Waals surface area contributed by atoms with Crippen molar-refractivity contribution in [3.05, 3.63) is 49.2 Å². The van der Waals surface area contributed by atoms with Gasteiger partial charge in [-0.3, -0.25) is 9.97 Å². The van der Waals surface area contributed by atoms with Crippen molar-refractivity contribution in [3.8, 4) is 0 Å². The van der Waals surface area contributed by atoms with E-state index in [0.29, 0.717) is 0 Å². The summed E-state index contributed by atoms with van der Waals surface area (Å²) in [6.45, 7) is 0. The fraction of sp³-hybridized carbons (Fsp3) is 0. The Balaban J connectivity index is 2.34. The smallest absolute Gasteiger partial charge is 0.144 e. The van der Waals surface area contributed by atoms with Crippen molar-refractivity contribution in [2.45, 2.75) is 0 Å². The van der Waals surface area contributed by atoms with Crippen LogP contribution in [0.2, 0.25) is 0 Å². The lowest BCUT2D eigenvalue weighted by Crippen LogP contribution is -1.88. The van der Waals surface area contributed by atoms with Gasteiger partial charge in [0, 0.05) is 41.8 Å². The van der Waals surface area contributed by atoms with Crippen LogP contribution in [0.1, 0.15) is 0 Å². The molecule has 0 spiro atoms. The predicted molar refractivity (Wildman–Crippen MR) is 65.8 cm³/mol. The largest absolute Gasteiger partial charge is 0.307 e. The predicted octanol–water partition coefficient (Wildman–Crippen LogP) is 2.43. The van der Waals surface area contributed by atoms with Crippen LogP contribution in [0.25, 0.3) is 27.5 Å². The fourth-order valence-electron chi connectivity index (χ4n) is 2.22. The number of fused-ring (bicyclic) bond motifs is 5. The molecule has 0 aliphatic carbocycles. The summed E-state index contributed by atoms with van der Waals surface area (Å²) in [6.07, 6.45) is 9.17. The highest BCUT2D eigenvalue weighted by Gasteiger charge is 2.06. The van der Waals surface area contributed by atoms with Gasteiger partial charge < -0.3 is 4.40 Å². The quantitative estimate of drug-likeness (QED) is 0.427. The minimum atomic E-state index is 0.913. The standard InChI is InChI=1S/C13H8N4/c1-2-11-12(15-5-4-14-11)9-3-7-17-8-6-16-13(17)10(1)9/h1-8H. The highest BCUT2D eigenvalue weighted by molar-refractivity contribution is 6.08. The SMILES string of the molecule is c1cnc2c(ccc3c2ccn2ccnc32)n1. The van der Waals surface area contributed by atoms with E-state index in [-0.39, 0.29) is 0 Å². The Morgan fingerprint density at radius 1 is 0.765 bits per heavy atom. The Morgan fingerprint density at radius 2 is 1.71 bits per heavy atom. The van der Waals surface area contributed by atoms with Crippen LogP contribution >= 0.6 is 0 Å². The fourth-order valence-corrected chi connectivity index (χ4v) is 2.22. The van der Waals surface area contributed by atoms with Crippen molar-refractivity contribution in [2.75, 3.05) is 0 Å². The molecule has 1 aromatic carbocycles. The van der Waals surface area contributed by atoms with Crippen molar-refractivity contribution in [1.82, 2.24) is 19.4 Å². The van der Waals surface area contributed by atoms with Crippen LogP contribution in [0.15, 0.2) is 49.2 Å². The van der Waals surface area contributed by atoms with Gasteiger partial charge >= 0.3 is 0 Å². The molecule has 0 N–H and O–H groups in total. The van der Waals surface area contributed by atoms with Crippen molar-refractivity contribution in [3.63, 3.8) is 0 Å². The number of aromatic nitrogens is 4. The molecule has 0 fully saturated rings. The van der Waals surface area contributed by atoms with Gasteiger partial charge in [-0.1, -0.05) is 0 Å². The molecule has 0 saturated heterocycles. The Kier molecular flexibility index (Phi) is 1.53. The zero-order chi connectivity index (χ0) is 11.2. The van der Waals surface area contributed by atoms with Gasteiger partial charge in [0.25, 0.3) is 0 Å². The zero-order valence-electron chi connectivity index (χ0n) is 8.91. The molecular weight excluding hydrogens is 212 g/mol. The molecule has 0 amide bonds. The summed E-state index contributed by atoms with van der Waals surface area (Å²) in [5.41, 5.74) is 2.79. The van der Waals surface area contributed by atoms with Crippen molar-refractivity contribution >= 4 is 27.5 Å². The first-order chi connectivity index (χ1) is 8.43. The van der Waals surface area contributed by atoms with Crippen LogP contribution in [-0.2, 0) is 0 Å². The molecule has 3 aromatic heterocycles. The first-order valence-corrected chi connectivity index (χ1v) is 5.38. The third-order valence-electron chi connectivity index (χ3n) is 2.99. The number of benzene rings is 1. The summed E-state index contributed by atoms with van der Waals surface area (Å²) in [5.74, 6) is 0. The van der Waals surface area contributed by atoms with E-state index in [4.69, 9.17) is 0 Å². The summed E-state index contributed by atoms with van der Waals surface area (Å²) in [4.78, 5) is 13.1. The highest BCUT2D eigenvalue weighted by atomic mass is 15.0. The van der Waals surface area contributed by atoms with Gasteiger partial charge in [-0.25, -0.2) is 4.98 Å². The number of hydrogen-bond acceptors (Lipinski definition) is 3. The average Bonchev–Trinajstić information content (AvgIpc) is 2.86. The minimum absolute atomic E-state index is 0.913. The molecule has 0 radical (unpaired) electrons. The van der Waals surface area contributed by atoms with E-state index in [0.717, 1.165) is 27.5 Å². The average molecular weight is 220 g/mol. The number of rotatable bonds is 0. The molecule has 4 aromatic rings. The summed E-state index contributed by atoms with van der Waals surface area (Å²) < 4.78 is 2.00. The lowest BCUT2D eigenvalue weighted by Gasteiger charge is -2.03. The number of hydrogen-bond donors (Lipinski definition) is 0. The molecule has 17 heavy (non-hydrogen) atoms. The monoisotopic (exact) mass is 220 g/mol. The minimum Gasteiger partial charge on any atom is -0.307 e. The van der Waals surface area contributed by atoms with E-state index in [1.165, 1.54) is 0 Å². The first-order valence-electron chi connectivity index (χ1n) is 5.38. The summed E-state index contributed by atoms with van der Waals surface area (Å²) >= 11 is 0. The van der Waals surface area contributed by atoms with Crippen LogP contribution in [0.4, 0.5) is 0 Å². The maximum atomic E-state index is 4.40. The van der Waals surface area contributed by atoms with E-state index in [9.17, 15) is 0 Å². The highest BCUT2D eigenvalue weighted by Crippen LogP contribution is 2.24. The lowest BCUT2D eigenvalue weighted by molar-refractivity contribution is 1.20. The second kappa shape index (κ2) is 3.01. The normalized spacial score (nSPS) is 11.5. The van der Waals surface area contributed by atoms with Crippen molar-refractivity contribution < 1.29 is 0 Å². The Morgan fingerprint density at radius 3 is 2.71 bits per heavy atom. The topological polar surface area (TPSA) is 43.1 Å². The lowest BCUT2D eigenvalue weighted by atomic mass is 10.1. The number of imidazole rings is 1. The maximum absolute atomic E-state index is 4.40. The summed E-state index contributed by atoms with van der Waals surface area (Å²) in [6, 6.07) is 6.09. The van der Waals surface area contributed by atoms with Crippen LogP contribution in [-0.4, -0.2) is 19.4 Å². The van der Waals surface area contributed by atoms with E-state index >= 15 is 0 Å². The van der Waals surface area contributed by atoms with Crippen LogP contribution in [0, 0.1) is 0 Å². The molecule has 4 rings (SSSR count). The Hall–Kier alpha value is -2.49. The molecule has 3 heterocycles. The molecule has 0 aliphatic heterocycles. The van der Waals surface area contributed by atoms with Crippen LogP contribution in [0.5, 0.6) is 0 Å². The third kappa shape index (κ3) is 1.09. The third-order valence-corrected chi connectivity index (χ3v) is 2.99. The summed E-state index contributed by atoms with van der Waals surface area (Å²) in [7, 11) is 0. The van der Waals surface area contributed by atoms with Gasteiger partial charge in [0.2, 0.25) is 0 Å².